The van der Waals surface area contributed by atoms with Crippen LogP contribution in [-0.4, -0.2) is 23.0 Å². The van der Waals surface area contributed by atoms with E-state index in [4.69, 9.17) is 11.6 Å². The quantitative estimate of drug-likeness (QED) is 0.722. The number of fused-ring (bicyclic) bond motifs is 1. The number of pyridine rings is 1. The summed E-state index contributed by atoms with van der Waals surface area (Å²) in [5, 5.41) is 1.80. The summed E-state index contributed by atoms with van der Waals surface area (Å²) in [5.41, 5.74) is 2.09. The molecule has 0 radical (unpaired) electrons. The van der Waals surface area contributed by atoms with Crippen LogP contribution < -0.4 is 0 Å². The Morgan fingerprint density at radius 1 is 1.11 bits per heavy atom. The van der Waals surface area contributed by atoms with Gasteiger partial charge in [0.05, 0.1) is 5.52 Å². The molecule has 3 heteroatoms. The van der Waals surface area contributed by atoms with Crippen LogP contribution in [0.1, 0.15) is 32.3 Å². The van der Waals surface area contributed by atoms with Crippen molar-refractivity contribution in [3.63, 3.8) is 0 Å². The van der Waals surface area contributed by atoms with Crippen molar-refractivity contribution in [1.29, 1.82) is 0 Å². The standard InChI is InChI=1S/C16H21ClN2/c1-3-9-19(10-4-2)12-14-11-13-7-5-6-8-15(13)18-16(14)17/h5-8,11H,3-4,9-10,12H2,1-2H3. The lowest BCUT2D eigenvalue weighted by Gasteiger charge is -2.21. The fraction of sp³-hybridized carbons (Fsp3) is 0.438. The van der Waals surface area contributed by atoms with Gasteiger partial charge in [-0.1, -0.05) is 43.6 Å². The normalized spacial score (nSPS) is 11.4. The summed E-state index contributed by atoms with van der Waals surface area (Å²) in [4.78, 5) is 6.93. The molecule has 0 saturated carbocycles. The molecule has 2 aromatic rings. The SMILES string of the molecule is CCCN(CCC)Cc1cc2ccccc2nc1Cl. The lowest BCUT2D eigenvalue weighted by atomic mass is 10.1. The number of nitrogens with zero attached hydrogens (tertiary/aromatic N) is 2. The van der Waals surface area contributed by atoms with Crippen LogP contribution >= 0.6 is 11.6 Å². The molecule has 0 fully saturated rings. The zero-order valence-corrected chi connectivity index (χ0v) is 12.5. The van der Waals surface area contributed by atoms with Crippen LogP contribution in [0.25, 0.3) is 10.9 Å². The van der Waals surface area contributed by atoms with Gasteiger partial charge in [-0.05, 0) is 38.1 Å². The molecule has 102 valence electrons. The number of rotatable bonds is 6. The first-order chi connectivity index (χ1) is 9.24. The van der Waals surface area contributed by atoms with E-state index in [9.17, 15) is 0 Å². The second-order valence-corrected chi connectivity index (χ2v) is 5.27. The Bertz CT molecular complexity index is 533. The molecule has 0 saturated heterocycles. The molecule has 0 N–H and O–H groups in total. The van der Waals surface area contributed by atoms with Crippen molar-refractivity contribution < 1.29 is 0 Å². The van der Waals surface area contributed by atoms with Crippen molar-refractivity contribution in [2.24, 2.45) is 0 Å². The second kappa shape index (κ2) is 6.88. The van der Waals surface area contributed by atoms with Crippen molar-refractivity contribution in [3.05, 3.63) is 41.0 Å². The van der Waals surface area contributed by atoms with Gasteiger partial charge in [0.1, 0.15) is 5.15 Å². The Kier molecular flexibility index (Phi) is 5.17. The Labute approximate surface area is 120 Å². The fourth-order valence-electron chi connectivity index (χ4n) is 2.39. The summed E-state index contributed by atoms with van der Waals surface area (Å²) in [6.07, 6.45) is 2.33. The van der Waals surface area contributed by atoms with Crippen LogP contribution in [0.3, 0.4) is 0 Å². The third kappa shape index (κ3) is 3.68. The average Bonchev–Trinajstić information content (AvgIpc) is 2.40. The minimum absolute atomic E-state index is 0.635. The molecule has 0 amide bonds. The molecule has 0 bridgehead atoms. The summed E-state index contributed by atoms with van der Waals surface area (Å²) in [6.45, 7) is 7.53. The van der Waals surface area contributed by atoms with E-state index < -0.39 is 0 Å². The Balaban J connectivity index is 2.25. The van der Waals surface area contributed by atoms with Gasteiger partial charge in [-0.3, -0.25) is 4.90 Å². The molecule has 1 aromatic carbocycles. The maximum atomic E-state index is 6.31. The summed E-state index contributed by atoms with van der Waals surface area (Å²) >= 11 is 6.31. The van der Waals surface area contributed by atoms with Crippen LogP contribution in [0.15, 0.2) is 30.3 Å². The van der Waals surface area contributed by atoms with Gasteiger partial charge in [-0.25, -0.2) is 4.98 Å². The number of para-hydroxylation sites is 1. The van der Waals surface area contributed by atoms with Gasteiger partial charge in [0, 0.05) is 17.5 Å². The molecule has 2 nitrogen and oxygen atoms in total. The first kappa shape index (κ1) is 14.3. The molecule has 0 aliphatic heterocycles. The largest absolute Gasteiger partial charge is 0.299 e. The summed E-state index contributed by atoms with van der Waals surface area (Å²) in [6, 6.07) is 10.3. The van der Waals surface area contributed by atoms with Gasteiger partial charge in [0.15, 0.2) is 0 Å². The Hall–Kier alpha value is -1.12. The molecule has 0 aliphatic rings. The van der Waals surface area contributed by atoms with E-state index in [1.807, 2.05) is 18.2 Å². The van der Waals surface area contributed by atoms with E-state index in [2.05, 4.69) is 35.9 Å². The smallest absolute Gasteiger partial charge is 0.134 e. The van der Waals surface area contributed by atoms with Gasteiger partial charge in [-0.15, -0.1) is 0 Å². The van der Waals surface area contributed by atoms with Crippen molar-refractivity contribution in [1.82, 2.24) is 9.88 Å². The zero-order chi connectivity index (χ0) is 13.7. The molecular weight excluding hydrogens is 256 g/mol. The Morgan fingerprint density at radius 3 is 2.47 bits per heavy atom. The average molecular weight is 277 g/mol. The van der Waals surface area contributed by atoms with Crippen molar-refractivity contribution >= 4 is 22.5 Å². The number of hydrogen-bond acceptors (Lipinski definition) is 2. The maximum absolute atomic E-state index is 6.31. The molecule has 1 aromatic heterocycles. The highest BCUT2D eigenvalue weighted by atomic mass is 35.5. The topological polar surface area (TPSA) is 16.1 Å². The van der Waals surface area contributed by atoms with Gasteiger partial charge in [0.2, 0.25) is 0 Å². The molecule has 0 aliphatic carbocycles. The van der Waals surface area contributed by atoms with Crippen LogP contribution in [0.4, 0.5) is 0 Å². The summed E-state index contributed by atoms with van der Waals surface area (Å²) in [7, 11) is 0. The highest BCUT2D eigenvalue weighted by molar-refractivity contribution is 6.30. The third-order valence-electron chi connectivity index (χ3n) is 3.22. The number of benzene rings is 1. The van der Waals surface area contributed by atoms with E-state index in [0.29, 0.717) is 5.15 Å². The van der Waals surface area contributed by atoms with Gasteiger partial charge < -0.3 is 0 Å². The zero-order valence-electron chi connectivity index (χ0n) is 11.7. The van der Waals surface area contributed by atoms with Crippen molar-refractivity contribution in [3.8, 4) is 0 Å². The minimum Gasteiger partial charge on any atom is -0.299 e. The van der Waals surface area contributed by atoms with E-state index in [1.165, 1.54) is 12.8 Å². The molecule has 0 unspecified atom stereocenters. The van der Waals surface area contributed by atoms with Gasteiger partial charge in [-0.2, -0.15) is 0 Å². The van der Waals surface area contributed by atoms with Gasteiger partial charge >= 0.3 is 0 Å². The first-order valence-corrected chi connectivity index (χ1v) is 7.39. The van der Waals surface area contributed by atoms with Crippen molar-refractivity contribution in [2.45, 2.75) is 33.2 Å². The predicted molar refractivity (Wildman–Crippen MR) is 82.6 cm³/mol. The molecule has 0 atom stereocenters. The molecular formula is C16H21ClN2. The van der Waals surface area contributed by atoms with E-state index in [0.717, 1.165) is 36.1 Å². The lowest BCUT2D eigenvalue weighted by molar-refractivity contribution is 0.266. The predicted octanol–water partition coefficient (Wildman–Crippen LogP) is 4.51. The third-order valence-corrected chi connectivity index (χ3v) is 3.55. The van der Waals surface area contributed by atoms with Crippen LogP contribution in [-0.2, 0) is 6.54 Å². The Morgan fingerprint density at radius 2 is 1.79 bits per heavy atom. The fourth-order valence-corrected chi connectivity index (χ4v) is 2.60. The first-order valence-electron chi connectivity index (χ1n) is 7.01. The monoisotopic (exact) mass is 276 g/mol. The summed E-state index contributed by atoms with van der Waals surface area (Å²) in [5.74, 6) is 0. The number of halogens is 1. The number of aromatic nitrogens is 1. The van der Waals surface area contributed by atoms with Crippen LogP contribution in [0.5, 0.6) is 0 Å². The van der Waals surface area contributed by atoms with E-state index in [1.54, 1.807) is 0 Å². The molecule has 2 rings (SSSR count). The van der Waals surface area contributed by atoms with Crippen molar-refractivity contribution in [2.75, 3.05) is 13.1 Å². The highest BCUT2D eigenvalue weighted by Gasteiger charge is 2.09. The van der Waals surface area contributed by atoms with Crippen LogP contribution in [0.2, 0.25) is 5.15 Å². The molecule has 19 heavy (non-hydrogen) atoms. The molecule has 1 heterocycles. The maximum Gasteiger partial charge on any atom is 0.134 e. The second-order valence-electron chi connectivity index (χ2n) is 4.91. The summed E-state index contributed by atoms with van der Waals surface area (Å²) < 4.78 is 0. The highest BCUT2D eigenvalue weighted by Crippen LogP contribution is 2.21. The van der Waals surface area contributed by atoms with Crippen LogP contribution in [0, 0.1) is 0 Å². The molecule has 0 spiro atoms. The number of hydrogen-bond donors (Lipinski definition) is 0. The minimum atomic E-state index is 0.635. The van der Waals surface area contributed by atoms with E-state index >= 15 is 0 Å². The lowest BCUT2D eigenvalue weighted by Crippen LogP contribution is -2.25. The van der Waals surface area contributed by atoms with E-state index in [-0.39, 0.29) is 0 Å². The van der Waals surface area contributed by atoms with Gasteiger partial charge in [0.25, 0.3) is 0 Å².